The van der Waals surface area contributed by atoms with E-state index in [-0.39, 0.29) is 24.7 Å². The molecule has 0 saturated heterocycles. The Labute approximate surface area is 178 Å². The van der Waals surface area contributed by atoms with Crippen LogP contribution in [0.25, 0.3) is 0 Å². The van der Waals surface area contributed by atoms with Crippen LogP contribution in [0.3, 0.4) is 0 Å². The van der Waals surface area contributed by atoms with Gasteiger partial charge in [0, 0.05) is 19.3 Å². The van der Waals surface area contributed by atoms with Crippen molar-refractivity contribution < 1.29 is 18.4 Å². The summed E-state index contributed by atoms with van der Waals surface area (Å²) in [5, 5.41) is 6.07. The molecule has 1 rings (SSSR count). The number of hydrogen-bond donors (Lipinski definition) is 2. The molecule has 0 aliphatic heterocycles. The third kappa shape index (κ3) is 10.9. The number of amides is 1. The van der Waals surface area contributed by atoms with E-state index in [9.17, 15) is 4.79 Å². The van der Waals surface area contributed by atoms with E-state index < -0.39 is 16.6 Å². The number of rotatable bonds is 13. The van der Waals surface area contributed by atoms with Crippen LogP contribution in [0.4, 0.5) is 0 Å². The molecule has 1 amide bonds. The van der Waals surface area contributed by atoms with E-state index in [0.29, 0.717) is 18.0 Å². The average molecular weight is 442 g/mol. The summed E-state index contributed by atoms with van der Waals surface area (Å²) in [6.07, 6.45) is 1.30. The quantitative estimate of drug-likeness (QED) is 0.361. The van der Waals surface area contributed by atoms with Crippen molar-refractivity contribution in [1.29, 1.82) is 0 Å². The Morgan fingerprint density at radius 1 is 1.10 bits per heavy atom. The molecule has 1 heterocycles. The van der Waals surface area contributed by atoms with Crippen molar-refractivity contribution in [2.75, 3.05) is 26.2 Å². The van der Waals surface area contributed by atoms with Crippen molar-refractivity contribution in [1.82, 2.24) is 15.6 Å². The molecule has 9 heteroatoms. The van der Waals surface area contributed by atoms with E-state index in [4.69, 9.17) is 13.6 Å². The predicted molar refractivity (Wildman–Crippen MR) is 123 cm³/mol. The fourth-order valence-corrected chi connectivity index (χ4v) is 5.16. The Kier molecular flexibility index (Phi) is 10.5. The van der Waals surface area contributed by atoms with Gasteiger partial charge in [0.05, 0.1) is 6.10 Å². The fourth-order valence-electron chi connectivity index (χ4n) is 2.73. The lowest BCUT2D eigenvalue weighted by Gasteiger charge is -2.34. The van der Waals surface area contributed by atoms with E-state index in [1.807, 2.05) is 13.8 Å². The second-order valence-corrected chi connectivity index (χ2v) is 17.9. The summed E-state index contributed by atoms with van der Waals surface area (Å²) in [6, 6.07) is 3.46. The van der Waals surface area contributed by atoms with Gasteiger partial charge < -0.3 is 24.2 Å². The number of carbonyl (C=O) groups excluding carboxylic acids is 1. The van der Waals surface area contributed by atoms with Crippen molar-refractivity contribution in [3.05, 3.63) is 23.9 Å². The molecule has 0 fully saturated rings. The molecule has 0 aliphatic rings. The molecule has 1 aromatic rings. The zero-order valence-corrected chi connectivity index (χ0v) is 21.3. The van der Waals surface area contributed by atoms with Gasteiger partial charge >= 0.3 is 0 Å². The van der Waals surface area contributed by atoms with E-state index in [2.05, 4.69) is 54.9 Å². The van der Waals surface area contributed by atoms with E-state index in [1.54, 1.807) is 18.3 Å². The van der Waals surface area contributed by atoms with Crippen molar-refractivity contribution in [2.24, 2.45) is 0 Å². The lowest BCUT2D eigenvalue weighted by Crippen LogP contribution is -2.46. The number of nitrogens with zero attached hydrogens (tertiary/aromatic N) is 1. The van der Waals surface area contributed by atoms with Gasteiger partial charge in [0.1, 0.15) is 18.3 Å². The fraction of sp³-hybridized carbons (Fsp3) is 0.700. The molecule has 166 valence electrons. The van der Waals surface area contributed by atoms with Crippen molar-refractivity contribution >= 4 is 22.5 Å². The van der Waals surface area contributed by atoms with Gasteiger partial charge in [0.2, 0.25) is 5.88 Å². The van der Waals surface area contributed by atoms with Gasteiger partial charge in [-0.1, -0.05) is 6.92 Å². The Hall–Kier alpha value is -1.27. The maximum absolute atomic E-state index is 12.5. The average Bonchev–Trinajstić information content (AvgIpc) is 2.60. The largest absolute Gasteiger partial charge is 0.474 e. The number of hydrogen-bond acceptors (Lipinski definition) is 6. The molecule has 2 N–H and O–H groups in total. The van der Waals surface area contributed by atoms with E-state index in [1.165, 1.54) is 0 Å². The SMILES string of the molecule is CCNCCNC(=O)c1cccnc1OCC(O[Si](C)(C)C)C(C)O[Si](C)(C)C. The minimum absolute atomic E-state index is 0.102. The molecular formula is C20H39N3O4Si2. The van der Waals surface area contributed by atoms with Crippen LogP contribution in [0.1, 0.15) is 24.2 Å². The smallest absolute Gasteiger partial charge is 0.256 e. The number of carbonyl (C=O) groups is 1. The lowest BCUT2D eigenvalue weighted by atomic mass is 10.2. The molecule has 0 spiro atoms. The standard InChI is InChI=1S/C20H39N3O4Si2/c1-9-21-13-14-22-19(24)17-11-10-12-23-20(17)25-15-18(27-29(6,7)8)16(2)26-28(3,4)5/h10-12,16,18,21H,9,13-15H2,1-8H3,(H,22,24). The summed E-state index contributed by atoms with van der Waals surface area (Å²) >= 11 is 0. The zero-order valence-electron chi connectivity index (χ0n) is 19.3. The Bertz CT molecular complexity index is 633. The molecule has 2 unspecified atom stereocenters. The summed E-state index contributed by atoms with van der Waals surface area (Å²) in [6.45, 7) is 19.4. The van der Waals surface area contributed by atoms with Crippen LogP contribution < -0.4 is 15.4 Å². The van der Waals surface area contributed by atoms with Crippen molar-refractivity contribution in [3.63, 3.8) is 0 Å². The Balaban J connectivity index is 2.84. The van der Waals surface area contributed by atoms with Crippen molar-refractivity contribution in [2.45, 2.75) is 65.3 Å². The molecule has 2 atom stereocenters. The summed E-state index contributed by atoms with van der Waals surface area (Å²) in [4.78, 5) is 16.8. The number of nitrogens with one attached hydrogen (secondary N) is 2. The van der Waals surface area contributed by atoms with Gasteiger partial charge in [-0.15, -0.1) is 0 Å². The zero-order chi connectivity index (χ0) is 22.1. The second kappa shape index (κ2) is 11.8. The maximum atomic E-state index is 12.5. The Morgan fingerprint density at radius 2 is 1.76 bits per heavy atom. The normalized spacial score (nSPS) is 14.3. The van der Waals surface area contributed by atoms with E-state index >= 15 is 0 Å². The van der Waals surface area contributed by atoms with Crippen LogP contribution in [0.15, 0.2) is 18.3 Å². The minimum Gasteiger partial charge on any atom is -0.474 e. The molecular weight excluding hydrogens is 402 g/mol. The van der Waals surface area contributed by atoms with Crippen LogP contribution in [-0.4, -0.2) is 66.0 Å². The third-order valence-corrected chi connectivity index (χ3v) is 5.89. The first-order valence-corrected chi connectivity index (χ1v) is 17.2. The van der Waals surface area contributed by atoms with Gasteiger partial charge in [-0.05, 0) is 64.9 Å². The van der Waals surface area contributed by atoms with Gasteiger partial charge in [-0.25, -0.2) is 4.98 Å². The van der Waals surface area contributed by atoms with Gasteiger partial charge in [-0.2, -0.15) is 0 Å². The molecule has 7 nitrogen and oxygen atoms in total. The molecule has 29 heavy (non-hydrogen) atoms. The molecule has 0 saturated carbocycles. The van der Waals surface area contributed by atoms with Crippen LogP contribution in [0, 0.1) is 0 Å². The predicted octanol–water partition coefficient (Wildman–Crippen LogP) is 3.26. The Morgan fingerprint density at radius 3 is 2.34 bits per heavy atom. The van der Waals surface area contributed by atoms with E-state index in [0.717, 1.165) is 13.1 Å². The number of aromatic nitrogens is 1. The first kappa shape index (κ1) is 25.8. The summed E-state index contributed by atoms with van der Waals surface area (Å²) in [5.41, 5.74) is 0.425. The summed E-state index contributed by atoms with van der Waals surface area (Å²) < 4.78 is 18.5. The van der Waals surface area contributed by atoms with Crippen LogP contribution in [-0.2, 0) is 8.85 Å². The lowest BCUT2D eigenvalue weighted by molar-refractivity contribution is 0.0221. The number of pyridine rings is 1. The highest BCUT2D eigenvalue weighted by molar-refractivity contribution is 6.70. The summed E-state index contributed by atoms with van der Waals surface area (Å²) in [7, 11) is -3.53. The van der Waals surface area contributed by atoms with Crippen LogP contribution in [0.2, 0.25) is 39.3 Å². The molecule has 0 bridgehead atoms. The highest BCUT2D eigenvalue weighted by Gasteiger charge is 2.30. The maximum Gasteiger partial charge on any atom is 0.256 e. The van der Waals surface area contributed by atoms with Crippen LogP contribution in [0.5, 0.6) is 5.88 Å². The first-order valence-electron chi connectivity index (χ1n) is 10.4. The minimum atomic E-state index is -1.81. The number of ether oxygens (including phenoxy) is 1. The number of likely N-dealkylation sites (N-methyl/N-ethyl adjacent to an activating group) is 1. The van der Waals surface area contributed by atoms with Crippen LogP contribution >= 0.6 is 0 Å². The molecule has 0 aromatic carbocycles. The molecule has 1 aromatic heterocycles. The summed E-state index contributed by atoms with van der Waals surface area (Å²) in [5.74, 6) is 0.123. The highest BCUT2D eigenvalue weighted by Crippen LogP contribution is 2.20. The second-order valence-electron chi connectivity index (χ2n) is 8.98. The van der Waals surface area contributed by atoms with Gasteiger partial charge in [0.15, 0.2) is 16.6 Å². The van der Waals surface area contributed by atoms with Crippen molar-refractivity contribution in [3.8, 4) is 5.88 Å². The monoisotopic (exact) mass is 441 g/mol. The molecule has 0 radical (unpaired) electrons. The topological polar surface area (TPSA) is 81.7 Å². The van der Waals surface area contributed by atoms with Gasteiger partial charge in [-0.3, -0.25) is 4.79 Å². The van der Waals surface area contributed by atoms with Gasteiger partial charge in [0.25, 0.3) is 5.91 Å². The third-order valence-electron chi connectivity index (χ3n) is 3.81. The first-order chi connectivity index (χ1) is 13.4. The molecule has 0 aliphatic carbocycles. The highest BCUT2D eigenvalue weighted by atomic mass is 28.4.